The molecule has 1 aromatic carbocycles. The first-order chi connectivity index (χ1) is 18.1. The van der Waals surface area contributed by atoms with Gasteiger partial charge < -0.3 is 24.8 Å². The summed E-state index contributed by atoms with van der Waals surface area (Å²) in [6.07, 6.45) is 4.23. The van der Waals surface area contributed by atoms with Crippen molar-refractivity contribution < 1.29 is 24.2 Å². The van der Waals surface area contributed by atoms with Crippen LogP contribution in [0.25, 0.3) is 0 Å². The standard InChI is InChI=1S/C28H39N5O5/c1-27(2,3)24(33-15-22(30-31-33)19-9-10-19)26(36)32-14-20(34)13-23(32)25(35)29-16-28(17-37-4)21-8-6-5-7-18(21)11-12-38-28/h5-8,15,19-20,23-24,34H,9-14,16-17H2,1-4H3,(H,29,35)/t20?,23?,24-,28?/m0/s1. The molecule has 38 heavy (non-hydrogen) atoms. The van der Waals surface area contributed by atoms with E-state index in [2.05, 4.69) is 21.7 Å². The monoisotopic (exact) mass is 525 g/mol. The summed E-state index contributed by atoms with van der Waals surface area (Å²) in [5.74, 6) is -0.146. The van der Waals surface area contributed by atoms with E-state index in [-0.39, 0.29) is 37.9 Å². The molecule has 0 bridgehead atoms. The number of hydrogen-bond acceptors (Lipinski definition) is 7. The molecule has 3 unspecified atom stereocenters. The number of hydrogen-bond donors (Lipinski definition) is 2. The highest BCUT2D eigenvalue weighted by Crippen LogP contribution is 2.40. The lowest BCUT2D eigenvalue weighted by molar-refractivity contribution is -0.145. The van der Waals surface area contributed by atoms with Gasteiger partial charge in [-0.15, -0.1) is 5.10 Å². The summed E-state index contributed by atoms with van der Waals surface area (Å²) in [6, 6.07) is 6.58. The van der Waals surface area contributed by atoms with Crippen LogP contribution < -0.4 is 5.32 Å². The Morgan fingerprint density at radius 3 is 2.76 bits per heavy atom. The number of aromatic nitrogens is 3. The highest BCUT2D eigenvalue weighted by molar-refractivity contribution is 5.90. The number of rotatable bonds is 8. The van der Waals surface area contributed by atoms with Crippen LogP contribution in [-0.2, 0) is 31.1 Å². The number of carbonyl (C=O) groups is 2. The summed E-state index contributed by atoms with van der Waals surface area (Å²) in [7, 11) is 1.61. The molecule has 1 saturated heterocycles. The van der Waals surface area contributed by atoms with Crippen LogP contribution in [0.15, 0.2) is 30.5 Å². The number of ether oxygens (including phenoxy) is 2. The van der Waals surface area contributed by atoms with Crippen molar-refractivity contribution in [2.24, 2.45) is 5.41 Å². The summed E-state index contributed by atoms with van der Waals surface area (Å²) in [5, 5.41) is 22.2. The molecule has 0 radical (unpaired) electrons. The first-order valence-corrected chi connectivity index (χ1v) is 13.5. The van der Waals surface area contributed by atoms with Crippen molar-refractivity contribution in [1.82, 2.24) is 25.2 Å². The van der Waals surface area contributed by atoms with Crippen molar-refractivity contribution >= 4 is 11.8 Å². The molecule has 10 nitrogen and oxygen atoms in total. The molecule has 4 atom stereocenters. The Morgan fingerprint density at radius 1 is 1.29 bits per heavy atom. The van der Waals surface area contributed by atoms with Gasteiger partial charge in [-0.1, -0.05) is 50.3 Å². The van der Waals surface area contributed by atoms with Crippen molar-refractivity contribution in [3.8, 4) is 0 Å². The second-order valence-electron chi connectivity index (χ2n) is 12.0. The number of likely N-dealkylation sites (tertiary alicyclic amines) is 1. The number of β-amino-alcohol motifs (C(OH)–C–C–N with tert-alkyl or cyclic N) is 1. The van der Waals surface area contributed by atoms with Gasteiger partial charge in [-0.25, -0.2) is 4.68 Å². The SMILES string of the molecule is COCC1(CNC(=O)C2CC(O)CN2C(=O)[C@H](n2cc(C3CC3)nn2)C(C)(C)C)OCCc2ccccc21. The van der Waals surface area contributed by atoms with Crippen molar-refractivity contribution in [3.63, 3.8) is 0 Å². The zero-order valence-electron chi connectivity index (χ0n) is 22.7. The van der Waals surface area contributed by atoms with Gasteiger partial charge in [0.1, 0.15) is 17.7 Å². The summed E-state index contributed by atoms with van der Waals surface area (Å²) in [5.41, 5.74) is 1.77. The molecule has 2 aliphatic heterocycles. The van der Waals surface area contributed by atoms with Gasteiger partial charge in [0.2, 0.25) is 11.8 Å². The van der Waals surface area contributed by atoms with E-state index >= 15 is 0 Å². The predicted molar refractivity (Wildman–Crippen MR) is 139 cm³/mol. The van der Waals surface area contributed by atoms with E-state index in [0.29, 0.717) is 12.5 Å². The molecule has 1 aliphatic carbocycles. The van der Waals surface area contributed by atoms with Crippen molar-refractivity contribution in [3.05, 3.63) is 47.3 Å². The third-order valence-corrected chi connectivity index (χ3v) is 7.89. The lowest BCUT2D eigenvalue weighted by atomic mass is 9.85. The molecule has 1 aromatic heterocycles. The lowest BCUT2D eigenvalue weighted by Gasteiger charge is -2.39. The Morgan fingerprint density at radius 2 is 2.05 bits per heavy atom. The molecule has 5 rings (SSSR count). The van der Waals surface area contributed by atoms with Crippen LogP contribution in [0.3, 0.4) is 0 Å². The van der Waals surface area contributed by atoms with Gasteiger partial charge in [0.15, 0.2) is 0 Å². The fourth-order valence-corrected chi connectivity index (χ4v) is 5.84. The van der Waals surface area contributed by atoms with E-state index in [9.17, 15) is 14.7 Å². The number of nitrogens with one attached hydrogen (secondary N) is 1. The van der Waals surface area contributed by atoms with Gasteiger partial charge in [0.25, 0.3) is 0 Å². The summed E-state index contributed by atoms with van der Waals surface area (Å²) >= 11 is 0. The van der Waals surface area contributed by atoms with Gasteiger partial charge in [-0.3, -0.25) is 9.59 Å². The van der Waals surface area contributed by atoms with Gasteiger partial charge in [-0.2, -0.15) is 0 Å². The molecule has 2 amide bonds. The fraction of sp³-hybridized carbons (Fsp3) is 0.643. The molecule has 10 heteroatoms. The highest BCUT2D eigenvalue weighted by atomic mass is 16.5. The molecule has 2 N–H and O–H groups in total. The fourth-order valence-electron chi connectivity index (χ4n) is 5.84. The van der Waals surface area contributed by atoms with Crippen molar-refractivity contribution in [2.45, 2.75) is 76.2 Å². The Hall–Kier alpha value is -2.82. The largest absolute Gasteiger partial charge is 0.391 e. The first-order valence-electron chi connectivity index (χ1n) is 13.5. The van der Waals surface area contributed by atoms with Crippen LogP contribution in [0.5, 0.6) is 0 Å². The third kappa shape index (κ3) is 5.21. The van der Waals surface area contributed by atoms with E-state index in [1.807, 2.05) is 45.2 Å². The zero-order chi connectivity index (χ0) is 27.1. The first kappa shape index (κ1) is 26.8. The number of fused-ring (bicyclic) bond motifs is 1. The Bertz CT molecular complexity index is 1170. The number of methoxy groups -OCH3 is 1. The minimum Gasteiger partial charge on any atom is -0.391 e. The van der Waals surface area contributed by atoms with E-state index in [1.54, 1.807) is 11.8 Å². The lowest BCUT2D eigenvalue weighted by Crippen LogP contribution is -2.54. The number of carbonyl (C=O) groups excluding carboxylic acids is 2. The maximum atomic E-state index is 14.0. The molecule has 0 spiro atoms. The van der Waals surface area contributed by atoms with Crippen LogP contribution in [-0.4, -0.2) is 82.4 Å². The highest BCUT2D eigenvalue weighted by Gasteiger charge is 2.46. The number of aliphatic hydroxyl groups is 1. The molecule has 3 heterocycles. The predicted octanol–water partition coefficient (Wildman–Crippen LogP) is 1.94. The van der Waals surface area contributed by atoms with Crippen molar-refractivity contribution in [2.75, 3.05) is 33.4 Å². The minimum atomic E-state index is -0.820. The maximum absolute atomic E-state index is 14.0. The molecular weight excluding hydrogens is 486 g/mol. The van der Waals surface area contributed by atoms with E-state index in [0.717, 1.165) is 30.5 Å². The Kier molecular flexibility index (Phi) is 7.32. The second-order valence-corrected chi connectivity index (χ2v) is 12.0. The quantitative estimate of drug-likeness (QED) is 0.541. The Labute approximate surface area is 223 Å². The molecular formula is C28H39N5O5. The average molecular weight is 526 g/mol. The van der Waals surface area contributed by atoms with E-state index in [4.69, 9.17) is 9.47 Å². The average Bonchev–Trinajstić information content (AvgIpc) is 3.49. The van der Waals surface area contributed by atoms with Crippen molar-refractivity contribution in [1.29, 1.82) is 0 Å². The molecule has 2 fully saturated rings. The van der Waals surface area contributed by atoms with Gasteiger partial charge in [0, 0.05) is 32.2 Å². The van der Waals surface area contributed by atoms with Gasteiger partial charge in [0.05, 0.1) is 31.6 Å². The molecule has 3 aliphatic rings. The number of aliphatic hydroxyl groups excluding tert-OH is 1. The number of amides is 2. The van der Waals surface area contributed by atoms with Crippen LogP contribution >= 0.6 is 0 Å². The number of benzene rings is 1. The topological polar surface area (TPSA) is 119 Å². The van der Waals surface area contributed by atoms with Crippen LogP contribution in [0.2, 0.25) is 0 Å². The van der Waals surface area contributed by atoms with Crippen LogP contribution in [0.4, 0.5) is 0 Å². The van der Waals surface area contributed by atoms with Gasteiger partial charge in [-0.05, 0) is 35.8 Å². The molecule has 2 aromatic rings. The molecule has 1 saturated carbocycles. The normalized spacial score (nSPS) is 26.2. The van der Waals surface area contributed by atoms with Crippen LogP contribution in [0.1, 0.15) is 68.8 Å². The number of nitrogens with zero attached hydrogens (tertiary/aromatic N) is 4. The summed E-state index contributed by atoms with van der Waals surface area (Å²) in [6.45, 7) is 7.02. The summed E-state index contributed by atoms with van der Waals surface area (Å²) in [4.78, 5) is 29.1. The zero-order valence-corrected chi connectivity index (χ0v) is 22.7. The van der Waals surface area contributed by atoms with Crippen LogP contribution in [0, 0.1) is 5.41 Å². The smallest absolute Gasteiger partial charge is 0.248 e. The van der Waals surface area contributed by atoms with E-state index < -0.39 is 29.2 Å². The Balaban J connectivity index is 1.35. The van der Waals surface area contributed by atoms with Gasteiger partial charge >= 0.3 is 0 Å². The maximum Gasteiger partial charge on any atom is 0.248 e. The second kappa shape index (κ2) is 10.4. The molecule has 206 valence electrons. The summed E-state index contributed by atoms with van der Waals surface area (Å²) < 4.78 is 13.4. The van der Waals surface area contributed by atoms with E-state index in [1.165, 1.54) is 10.5 Å². The third-order valence-electron chi connectivity index (χ3n) is 7.89. The minimum absolute atomic E-state index is 0.0935.